The Kier molecular flexibility index (Phi) is 4.15. The number of hydrogen-bond acceptors (Lipinski definition) is 3. The van der Waals surface area contributed by atoms with Crippen molar-refractivity contribution >= 4 is 5.69 Å². The maximum Gasteiger partial charge on any atom is 0.417 e. The summed E-state index contributed by atoms with van der Waals surface area (Å²) < 4.78 is 43.3. The number of para-hydroxylation sites is 1. The molecule has 122 valence electrons. The second-order valence-corrected chi connectivity index (χ2v) is 5.64. The van der Waals surface area contributed by atoms with Crippen LogP contribution in [0.4, 0.5) is 18.9 Å². The van der Waals surface area contributed by atoms with Crippen LogP contribution in [0.15, 0.2) is 42.6 Å². The van der Waals surface area contributed by atoms with Gasteiger partial charge in [-0.2, -0.15) is 13.2 Å². The molecule has 0 radical (unpaired) electrons. The highest BCUT2D eigenvalue weighted by Crippen LogP contribution is 2.30. The molecule has 0 amide bonds. The standard InChI is InChI=1S/C17H17F3N2O/c1-12-4-2-3-5-15(12)22-9-8-14(11-22)23-16-7-6-13(10-21-16)17(18,19)20/h2-7,10,14H,8-9,11H2,1H3. The fourth-order valence-corrected chi connectivity index (χ4v) is 2.75. The van der Waals surface area contributed by atoms with E-state index >= 15 is 0 Å². The number of pyridine rings is 1. The average molecular weight is 322 g/mol. The first-order valence-corrected chi connectivity index (χ1v) is 7.44. The van der Waals surface area contributed by atoms with Crippen molar-refractivity contribution in [1.82, 2.24) is 4.98 Å². The fourth-order valence-electron chi connectivity index (χ4n) is 2.75. The van der Waals surface area contributed by atoms with Gasteiger partial charge in [0.15, 0.2) is 0 Å². The fraction of sp³-hybridized carbons (Fsp3) is 0.353. The van der Waals surface area contributed by atoms with E-state index in [0.29, 0.717) is 6.54 Å². The van der Waals surface area contributed by atoms with Crippen LogP contribution < -0.4 is 9.64 Å². The number of rotatable bonds is 3. The summed E-state index contributed by atoms with van der Waals surface area (Å²) in [7, 11) is 0. The van der Waals surface area contributed by atoms with Crippen LogP contribution in [-0.2, 0) is 6.18 Å². The molecule has 0 saturated carbocycles. The SMILES string of the molecule is Cc1ccccc1N1CCC(Oc2ccc(C(F)(F)F)cn2)C1. The van der Waals surface area contributed by atoms with E-state index in [-0.39, 0.29) is 12.0 Å². The number of aromatic nitrogens is 1. The van der Waals surface area contributed by atoms with E-state index in [2.05, 4.69) is 28.9 Å². The first-order chi connectivity index (χ1) is 10.9. The van der Waals surface area contributed by atoms with Crippen molar-refractivity contribution in [1.29, 1.82) is 0 Å². The molecule has 1 fully saturated rings. The Balaban J connectivity index is 1.63. The molecule has 1 aliphatic rings. The minimum absolute atomic E-state index is 0.0705. The number of nitrogens with zero attached hydrogens (tertiary/aromatic N) is 2. The Morgan fingerprint density at radius 1 is 1.17 bits per heavy atom. The average Bonchev–Trinajstić information content (AvgIpc) is 2.95. The van der Waals surface area contributed by atoms with E-state index in [1.165, 1.54) is 17.3 Å². The molecule has 1 unspecified atom stereocenters. The quantitative estimate of drug-likeness (QED) is 0.852. The van der Waals surface area contributed by atoms with Crippen LogP contribution >= 0.6 is 0 Å². The Bertz CT molecular complexity index is 670. The van der Waals surface area contributed by atoms with Crippen LogP contribution in [0.5, 0.6) is 5.88 Å². The second-order valence-electron chi connectivity index (χ2n) is 5.64. The predicted molar refractivity (Wildman–Crippen MR) is 81.7 cm³/mol. The van der Waals surface area contributed by atoms with Gasteiger partial charge in [-0.25, -0.2) is 4.98 Å². The normalized spacial score (nSPS) is 18.3. The van der Waals surface area contributed by atoms with Gasteiger partial charge in [-0.15, -0.1) is 0 Å². The molecule has 0 N–H and O–H groups in total. The highest BCUT2D eigenvalue weighted by atomic mass is 19.4. The number of alkyl halides is 3. The summed E-state index contributed by atoms with van der Waals surface area (Å²) in [4.78, 5) is 5.99. The highest BCUT2D eigenvalue weighted by Gasteiger charge is 2.31. The van der Waals surface area contributed by atoms with Crippen LogP contribution in [0.1, 0.15) is 17.5 Å². The molecular formula is C17H17F3N2O. The van der Waals surface area contributed by atoms with Crippen molar-refractivity contribution in [3.8, 4) is 5.88 Å². The largest absolute Gasteiger partial charge is 0.472 e. The van der Waals surface area contributed by atoms with Crippen molar-refractivity contribution < 1.29 is 17.9 Å². The molecule has 6 heteroatoms. The topological polar surface area (TPSA) is 25.4 Å². The summed E-state index contributed by atoms with van der Waals surface area (Å²) in [5.41, 5.74) is 1.59. The van der Waals surface area contributed by atoms with Crippen molar-refractivity contribution in [2.75, 3.05) is 18.0 Å². The van der Waals surface area contributed by atoms with Gasteiger partial charge in [0.05, 0.1) is 12.1 Å². The lowest BCUT2D eigenvalue weighted by Gasteiger charge is -2.20. The number of ether oxygens (including phenoxy) is 1. The molecule has 0 spiro atoms. The van der Waals surface area contributed by atoms with Gasteiger partial charge in [0.2, 0.25) is 5.88 Å². The van der Waals surface area contributed by atoms with E-state index in [9.17, 15) is 13.2 Å². The van der Waals surface area contributed by atoms with E-state index in [4.69, 9.17) is 4.74 Å². The lowest BCUT2D eigenvalue weighted by atomic mass is 10.2. The van der Waals surface area contributed by atoms with Gasteiger partial charge in [-0.05, 0) is 24.6 Å². The number of benzene rings is 1. The second kappa shape index (κ2) is 6.10. The first-order valence-electron chi connectivity index (χ1n) is 7.44. The molecule has 1 aliphatic heterocycles. The van der Waals surface area contributed by atoms with Gasteiger partial charge in [0.1, 0.15) is 6.10 Å². The van der Waals surface area contributed by atoms with Gasteiger partial charge in [-0.3, -0.25) is 0 Å². The lowest BCUT2D eigenvalue weighted by molar-refractivity contribution is -0.137. The van der Waals surface area contributed by atoms with Crippen molar-refractivity contribution in [3.63, 3.8) is 0 Å². The minimum atomic E-state index is -4.37. The van der Waals surface area contributed by atoms with E-state index < -0.39 is 11.7 Å². The van der Waals surface area contributed by atoms with Crippen LogP contribution in [-0.4, -0.2) is 24.2 Å². The molecule has 2 heterocycles. The number of halogens is 3. The molecule has 1 aromatic carbocycles. The Labute approximate surface area is 132 Å². The molecule has 2 aromatic rings. The number of anilines is 1. The molecule has 1 aromatic heterocycles. The van der Waals surface area contributed by atoms with Crippen LogP contribution in [0, 0.1) is 6.92 Å². The maximum absolute atomic E-state index is 12.5. The van der Waals surface area contributed by atoms with Gasteiger partial charge in [-0.1, -0.05) is 18.2 Å². The molecule has 3 nitrogen and oxygen atoms in total. The number of aryl methyl sites for hydroxylation is 1. The van der Waals surface area contributed by atoms with Crippen molar-refractivity contribution in [2.24, 2.45) is 0 Å². The summed E-state index contributed by atoms with van der Waals surface area (Å²) >= 11 is 0. The zero-order valence-corrected chi connectivity index (χ0v) is 12.7. The summed E-state index contributed by atoms with van der Waals surface area (Å²) in [5, 5.41) is 0. The van der Waals surface area contributed by atoms with E-state index in [0.717, 1.165) is 25.2 Å². The molecule has 23 heavy (non-hydrogen) atoms. The molecular weight excluding hydrogens is 305 g/mol. The van der Waals surface area contributed by atoms with E-state index in [1.54, 1.807) is 0 Å². The van der Waals surface area contributed by atoms with Gasteiger partial charge < -0.3 is 9.64 Å². The van der Waals surface area contributed by atoms with E-state index in [1.807, 2.05) is 12.1 Å². The minimum Gasteiger partial charge on any atom is -0.472 e. The van der Waals surface area contributed by atoms with Gasteiger partial charge in [0.25, 0.3) is 0 Å². The Morgan fingerprint density at radius 2 is 1.96 bits per heavy atom. The zero-order valence-electron chi connectivity index (χ0n) is 12.7. The highest BCUT2D eigenvalue weighted by molar-refractivity contribution is 5.53. The monoisotopic (exact) mass is 322 g/mol. The molecule has 0 bridgehead atoms. The van der Waals surface area contributed by atoms with Gasteiger partial charge in [0, 0.05) is 30.9 Å². The van der Waals surface area contributed by atoms with Crippen LogP contribution in [0.2, 0.25) is 0 Å². The Morgan fingerprint density at radius 3 is 2.61 bits per heavy atom. The van der Waals surface area contributed by atoms with Gasteiger partial charge >= 0.3 is 6.18 Å². The molecule has 0 aliphatic carbocycles. The van der Waals surface area contributed by atoms with Crippen molar-refractivity contribution in [2.45, 2.75) is 25.6 Å². The summed E-state index contributed by atoms with van der Waals surface area (Å²) in [6, 6.07) is 10.4. The molecule has 3 rings (SSSR count). The smallest absolute Gasteiger partial charge is 0.417 e. The molecule has 1 atom stereocenters. The summed E-state index contributed by atoms with van der Waals surface area (Å²) in [5.74, 6) is 0.231. The summed E-state index contributed by atoms with van der Waals surface area (Å²) in [6.07, 6.45) is -2.82. The predicted octanol–water partition coefficient (Wildman–Crippen LogP) is 4.07. The van der Waals surface area contributed by atoms with Crippen LogP contribution in [0.3, 0.4) is 0 Å². The van der Waals surface area contributed by atoms with Crippen molar-refractivity contribution in [3.05, 3.63) is 53.7 Å². The third-order valence-corrected chi connectivity index (χ3v) is 3.95. The maximum atomic E-state index is 12.5. The number of hydrogen-bond donors (Lipinski definition) is 0. The summed E-state index contributed by atoms with van der Waals surface area (Å²) in [6.45, 7) is 3.62. The van der Waals surface area contributed by atoms with Crippen LogP contribution in [0.25, 0.3) is 0 Å². The molecule has 1 saturated heterocycles. The first kappa shape index (κ1) is 15.6. The lowest BCUT2D eigenvalue weighted by Crippen LogP contribution is -2.25. The zero-order chi connectivity index (χ0) is 16.4. The third kappa shape index (κ3) is 3.57. The Hall–Kier alpha value is -2.24. The third-order valence-electron chi connectivity index (χ3n) is 3.95.